The molecule has 2 heterocycles. The molecule has 3 rings (SSSR count). The van der Waals surface area contributed by atoms with Crippen LogP contribution < -0.4 is 5.32 Å². The van der Waals surface area contributed by atoms with Crippen molar-refractivity contribution in [2.45, 2.75) is 13.3 Å². The second-order valence-electron chi connectivity index (χ2n) is 4.14. The first-order valence-electron chi connectivity index (χ1n) is 6.00. The number of rotatable bonds is 3. The molecular weight excluding hydrogens is 283 g/mol. The molecule has 1 aromatic carbocycles. The minimum atomic E-state index is -0.468. The second kappa shape index (κ2) is 5.05. The lowest BCUT2D eigenvalue weighted by Gasteiger charge is -2.07. The maximum Gasteiger partial charge on any atom is 0.263 e. The number of aromatic nitrogens is 3. The molecule has 0 unspecified atom stereocenters. The van der Waals surface area contributed by atoms with Crippen LogP contribution in [0.4, 0.5) is 15.9 Å². The number of nitrogens with one attached hydrogen (secondary N) is 1. The molecule has 0 spiro atoms. The number of anilines is 2. The van der Waals surface area contributed by atoms with Gasteiger partial charge in [-0.25, -0.2) is 9.37 Å². The highest BCUT2D eigenvalue weighted by Gasteiger charge is 2.14. The molecule has 0 aliphatic carbocycles. The molecule has 0 amide bonds. The van der Waals surface area contributed by atoms with Crippen LogP contribution in [-0.2, 0) is 6.42 Å². The van der Waals surface area contributed by atoms with Gasteiger partial charge in [-0.3, -0.25) is 0 Å². The molecule has 7 heteroatoms. The fraction of sp³-hybridized carbons (Fsp3) is 0.154. The SMILES string of the molecule is CCc1noc2ncnc(Nc3ccc(F)c(Cl)c3)c12. The molecule has 0 radical (unpaired) electrons. The lowest BCUT2D eigenvalue weighted by atomic mass is 10.2. The van der Waals surface area contributed by atoms with Gasteiger partial charge in [-0.1, -0.05) is 23.7 Å². The third kappa shape index (κ3) is 2.18. The average Bonchev–Trinajstić information content (AvgIpc) is 2.87. The Bertz CT molecular complexity index is 774. The summed E-state index contributed by atoms with van der Waals surface area (Å²) in [5.41, 5.74) is 1.79. The number of nitrogens with zero attached hydrogens (tertiary/aromatic N) is 3. The maximum absolute atomic E-state index is 13.1. The Labute approximate surface area is 118 Å². The Morgan fingerprint density at radius 1 is 1.35 bits per heavy atom. The summed E-state index contributed by atoms with van der Waals surface area (Å²) in [5.74, 6) is 0.0834. The molecule has 2 aromatic heterocycles. The smallest absolute Gasteiger partial charge is 0.263 e. The van der Waals surface area contributed by atoms with Gasteiger partial charge in [0.15, 0.2) is 0 Å². The van der Waals surface area contributed by atoms with Gasteiger partial charge in [0, 0.05) is 5.69 Å². The fourth-order valence-corrected chi connectivity index (χ4v) is 2.07. The first-order valence-corrected chi connectivity index (χ1v) is 6.38. The first kappa shape index (κ1) is 12.8. The van der Waals surface area contributed by atoms with Crippen molar-refractivity contribution in [1.82, 2.24) is 15.1 Å². The highest BCUT2D eigenvalue weighted by atomic mass is 35.5. The van der Waals surface area contributed by atoms with Crippen molar-refractivity contribution in [3.05, 3.63) is 41.1 Å². The van der Waals surface area contributed by atoms with E-state index in [4.69, 9.17) is 16.1 Å². The van der Waals surface area contributed by atoms with Gasteiger partial charge in [-0.15, -0.1) is 0 Å². The van der Waals surface area contributed by atoms with E-state index >= 15 is 0 Å². The quantitative estimate of drug-likeness (QED) is 0.797. The summed E-state index contributed by atoms with van der Waals surface area (Å²) in [6, 6.07) is 4.36. The van der Waals surface area contributed by atoms with Crippen LogP contribution in [0.5, 0.6) is 0 Å². The van der Waals surface area contributed by atoms with E-state index in [1.807, 2.05) is 6.92 Å². The van der Waals surface area contributed by atoms with Crippen molar-refractivity contribution in [2.24, 2.45) is 0 Å². The standard InChI is InChI=1S/C13H10ClFN4O/c1-2-10-11-12(16-6-17-13(11)20-19-10)18-7-3-4-9(15)8(14)5-7/h3-6H,2H2,1H3,(H,16,17,18). The Hall–Kier alpha value is -2.21. The van der Waals surface area contributed by atoms with Crippen molar-refractivity contribution < 1.29 is 8.91 Å². The molecule has 0 saturated heterocycles. The van der Waals surface area contributed by atoms with Gasteiger partial charge < -0.3 is 9.84 Å². The molecule has 5 nitrogen and oxygen atoms in total. The van der Waals surface area contributed by atoms with E-state index in [-0.39, 0.29) is 5.02 Å². The van der Waals surface area contributed by atoms with Crippen LogP contribution in [0.3, 0.4) is 0 Å². The predicted molar refractivity (Wildman–Crippen MR) is 73.7 cm³/mol. The Morgan fingerprint density at radius 2 is 2.20 bits per heavy atom. The van der Waals surface area contributed by atoms with E-state index in [1.165, 1.54) is 18.5 Å². The monoisotopic (exact) mass is 292 g/mol. The Morgan fingerprint density at radius 3 is 2.95 bits per heavy atom. The molecule has 1 N–H and O–H groups in total. The predicted octanol–water partition coefficient (Wildman–Crippen LogP) is 3.72. The van der Waals surface area contributed by atoms with Gasteiger partial charge >= 0.3 is 0 Å². The summed E-state index contributed by atoms with van der Waals surface area (Å²) in [6.07, 6.45) is 2.07. The van der Waals surface area contributed by atoms with Crippen LogP contribution in [0.25, 0.3) is 11.1 Å². The van der Waals surface area contributed by atoms with Crippen molar-refractivity contribution in [3.63, 3.8) is 0 Å². The van der Waals surface area contributed by atoms with Crippen LogP contribution >= 0.6 is 11.6 Å². The van der Waals surface area contributed by atoms with Crippen molar-refractivity contribution in [1.29, 1.82) is 0 Å². The molecule has 20 heavy (non-hydrogen) atoms. The van der Waals surface area contributed by atoms with Crippen LogP contribution in [0.2, 0.25) is 5.02 Å². The topological polar surface area (TPSA) is 63.8 Å². The number of hydrogen-bond donors (Lipinski definition) is 1. The fourth-order valence-electron chi connectivity index (χ4n) is 1.89. The highest BCUT2D eigenvalue weighted by Crippen LogP contribution is 2.28. The number of halogens is 2. The summed E-state index contributed by atoms with van der Waals surface area (Å²) >= 11 is 5.76. The van der Waals surface area contributed by atoms with Crippen LogP contribution in [0.1, 0.15) is 12.6 Å². The summed E-state index contributed by atoms with van der Waals surface area (Å²) in [7, 11) is 0. The van der Waals surface area contributed by atoms with Gasteiger partial charge in [-0.2, -0.15) is 4.98 Å². The normalized spacial score (nSPS) is 10.9. The van der Waals surface area contributed by atoms with Crippen LogP contribution in [0, 0.1) is 5.82 Å². The van der Waals surface area contributed by atoms with Gasteiger partial charge in [0.25, 0.3) is 5.71 Å². The molecule has 0 saturated carbocycles. The molecule has 0 atom stereocenters. The number of benzene rings is 1. The van der Waals surface area contributed by atoms with Gasteiger partial charge in [0.05, 0.1) is 10.7 Å². The molecule has 102 valence electrons. The van der Waals surface area contributed by atoms with Crippen molar-refractivity contribution >= 4 is 34.2 Å². The van der Waals surface area contributed by atoms with Crippen LogP contribution in [-0.4, -0.2) is 15.1 Å². The average molecular weight is 293 g/mol. The number of fused-ring (bicyclic) bond motifs is 1. The molecule has 0 aliphatic heterocycles. The zero-order valence-corrected chi connectivity index (χ0v) is 11.3. The van der Waals surface area contributed by atoms with Crippen molar-refractivity contribution in [3.8, 4) is 0 Å². The zero-order chi connectivity index (χ0) is 14.1. The van der Waals surface area contributed by atoms with E-state index < -0.39 is 5.82 Å². The molecule has 0 fully saturated rings. The maximum atomic E-state index is 13.1. The lowest BCUT2D eigenvalue weighted by Crippen LogP contribution is -1.96. The number of aryl methyl sites for hydroxylation is 1. The van der Waals surface area contributed by atoms with E-state index in [0.29, 0.717) is 23.6 Å². The van der Waals surface area contributed by atoms with E-state index in [0.717, 1.165) is 11.1 Å². The van der Waals surface area contributed by atoms with Crippen molar-refractivity contribution in [2.75, 3.05) is 5.32 Å². The van der Waals surface area contributed by atoms with Gasteiger partial charge in [-0.05, 0) is 24.6 Å². The van der Waals surface area contributed by atoms with E-state index in [9.17, 15) is 4.39 Å². The lowest BCUT2D eigenvalue weighted by molar-refractivity contribution is 0.439. The largest absolute Gasteiger partial charge is 0.339 e. The van der Waals surface area contributed by atoms with Crippen LogP contribution in [0.15, 0.2) is 29.0 Å². The zero-order valence-electron chi connectivity index (χ0n) is 10.5. The van der Waals surface area contributed by atoms with E-state index in [2.05, 4.69) is 20.4 Å². The van der Waals surface area contributed by atoms with E-state index in [1.54, 1.807) is 6.07 Å². The third-order valence-electron chi connectivity index (χ3n) is 2.86. The van der Waals surface area contributed by atoms with Gasteiger partial charge in [0.2, 0.25) is 0 Å². The summed E-state index contributed by atoms with van der Waals surface area (Å²) < 4.78 is 18.3. The summed E-state index contributed by atoms with van der Waals surface area (Å²) in [4.78, 5) is 8.19. The summed E-state index contributed by atoms with van der Waals surface area (Å²) in [6.45, 7) is 1.96. The minimum Gasteiger partial charge on any atom is -0.339 e. The first-order chi connectivity index (χ1) is 9.69. The Kier molecular flexibility index (Phi) is 3.23. The second-order valence-corrected chi connectivity index (χ2v) is 4.55. The molecule has 0 bridgehead atoms. The molecule has 3 aromatic rings. The molecular formula is C13H10ClFN4O. The highest BCUT2D eigenvalue weighted by molar-refractivity contribution is 6.31. The summed E-state index contributed by atoms with van der Waals surface area (Å²) in [5, 5.41) is 7.78. The third-order valence-corrected chi connectivity index (χ3v) is 3.15. The minimum absolute atomic E-state index is 0.0429. The van der Waals surface area contributed by atoms with Gasteiger partial charge in [0.1, 0.15) is 23.3 Å². The molecule has 0 aliphatic rings. The number of hydrogen-bond acceptors (Lipinski definition) is 5. The Balaban J connectivity index is 2.05.